The topological polar surface area (TPSA) is 107 Å². The van der Waals surface area contributed by atoms with Gasteiger partial charge in [-0.2, -0.15) is 0 Å². The van der Waals surface area contributed by atoms with Crippen LogP contribution in [0.1, 0.15) is 22.7 Å². The third kappa shape index (κ3) is 5.04. The number of hydrogen-bond donors (Lipinski definition) is 1. The summed E-state index contributed by atoms with van der Waals surface area (Å²) in [6.07, 6.45) is 4.86. The molecule has 1 aliphatic heterocycles. The molecule has 9 nitrogen and oxygen atoms in total. The van der Waals surface area contributed by atoms with Crippen molar-refractivity contribution < 1.29 is 33.6 Å². The summed E-state index contributed by atoms with van der Waals surface area (Å²) in [5.74, 6) is -0.254. The molecule has 2 heterocycles. The predicted molar refractivity (Wildman–Crippen MR) is 140 cm³/mol. The molecule has 1 aromatic heterocycles. The Morgan fingerprint density at radius 1 is 1.05 bits per heavy atom. The Kier molecular flexibility index (Phi) is 7.96. The summed E-state index contributed by atoms with van der Waals surface area (Å²) in [6, 6.07) is 12.5. The zero-order valence-electron chi connectivity index (χ0n) is 21.3. The molecule has 0 saturated carbocycles. The van der Waals surface area contributed by atoms with Crippen molar-refractivity contribution >= 4 is 17.4 Å². The number of hydrogen-bond acceptors (Lipinski definition) is 8. The molecule has 1 aliphatic rings. The fraction of sp³-hybridized carbons (Fsp3) is 0.207. The van der Waals surface area contributed by atoms with Crippen molar-refractivity contribution in [2.75, 3.05) is 27.9 Å². The summed E-state index contributed by atoms with van der Waals surface area (Å²) >= 11 is 0. The number of amides is 1. The van der Waals surface area contributed by atoms with Crippen LogP contribution in [0.2, 0.25) is 0 Å². The Morgan fingerprint density at radius 2 is 1.74 bits per heavy atom. The molecule has 1 atom stereocenters. The predicted octanol–water partition coefficient (Wildman–Crippen LogP) is 4.29. The highest BCUT2D eigenvalue weighted by atomic mass is 16.5. The molecule has 4 rings (SSSR count). The SMILES string of the molecule is C=CCOc1ccc(C(O)=C2C(=O)C(=O)N(Cc3cccnc3)[C@H]2c2cc(OC)c(OC)c(OC)c2)cc1. The summed E-state index contributed by atoms with van der Waals surface area (Å²) in [4.78, 5) is 32.2. The fourth-order valence-electron chi connectivity index (χ4n) is 4.36. The first-order valence-electron chi connectivity index (χ1n) is 11.7. The number of likely N-dealkylation sites (tertiary alicyclic amines) is 1. The lowest BCUT2D eigenvalue weighted by Gasteiger charge is -2.26. The van der Waals surface area contributed by atoms with Crippen LogP contribution in [-0.2, 0) is 16.1 Å². The smallest absolute Gasteiger partial charge is 0.295 e. The van der Waals surface area contributed by atoms with Gasteiger partial charge in [-0.05, 0) is 53.6 Å². The summed E-state index contributed by atoms with van der Waals surface area (Å²) < 4.78 is 22.0. The number of Topliss-reactive ketones (excluding diaryl/α,β-unsaturated/α-hetero) is 1. The van der Waals surface area contributed by atoms with Gasteiger partial charge in [0, 0.05) is 24.5 Å². The first-order valence-corrected chi connectivity index (χ1v) is 11.7. The minimum atomic E-state index is -0.944. The summed E-state index contributed by atoms with van der Waals surface area (Å²) in [7, 11) is 4.43. The van der Waals surface area contributed by atoms with Crippen molar-refractivity contribution in [2.45, 2.75) is 12.6 Å². The number of aromatic nitrogens is 1. The fourth-order valence-corrected chi connectivity index (χ4v) is 4.36. The quantitative estimate of drug-likeness (QED) is 0.184. The number of rotatable bonds is 10. The molecule has 2 aromatic carbocycles. The molecule has 3 aromatic rings. The Bertz CT molecular complexity index is 1340. The first-order chi connectivity index (χ1) is 18.4. The van der Waals surface area contributed by atoms with Crippen LogP contribution in [0, 0.1) is 0 Å². The van der Waals surface area contributed by atoms with E-state index in [1.54, 1.807) is 67.0 Å². The molecule has 1 amide bonds. The van der Waals surface area contributed by atoms with Crippen molar-refractivity contribution in [1.82, 2.24) is 9.88 Å². The number of nitrogens with zero attached hydrogens (tertiary/aromatic N) is 2. The van der Waals surface area contributed by atoms with Crippen molar-refractivity contribution in [2.24, 2.45) is 0 Å². The zero-order chi connectivity index (χ0) is 27.2. The molecular weight excluding hydrogens is 488 g/mol. The molecule has 0 aliphatic carbocycles. The summed E-state index contributed by atoms with van der Waals surface area (Å²) in [6.45, 7) is 4.04. The normalized spacial score (nSPS) is 16.3. The number of pyridine rings is 1. The van der Waals surface area contributed by atoms with Crippen molar-refractivity contribution in [3.8, 4) is 23.0 Å². The second-order valence-corrected chi connectivity index (χ2v) is 8.37. The molecule has 38 heavy (non-hydrogen) atoms. The number of carbonyl (C=O) groups excluding carboxylic acids is 2. The van der Waals surface area contributed by atoms with Gasteiger partial charge in [0.1, 0.15) is 18.1 Å². The maximum atomic E-state index is 13.4. The van der Waals surface area contributed by atoms with E-state index >= 15 is 0 Å². The van der Waals surface area contributed by atoms with Crippen LogP contribution in [0.25, 0.3) is 5.76 Å². The molecule has 1 fully saturated rings. The molecule has 0 unspecified atom stereocenters. The Labute approximate surface area is 220 Å². The molecule has 0 spiro atoms. The highest BCUT2D eigenvalue weighted by Gasteiger charge is 2.46. The number of carbonyl (C=O) groups is 2. The molecule has 0 bridgehead atoms. The van der Waals surface area contributed by atoms with Gasteiger partial charge in [0.05, 0.1) is 32.9 Å². The van der Waals surface area contributed by atoms with Gasteiger partial charge in [0.25, 0.3) is 11.7 Å². The molecule has 1 saturated heterocycles. The number of methoxy groups -OCH3 is 3. The lowest BCUT2D eigenvalue weighted by atomic mass is 9.94. The number of aliphatic hydroxyl groups is 1. The second-order valence-electron chi connectivity index (χ2n) is 8.37. The van der Waals surface area contributed by atoms with Gasteiger partial charge in [-0.3, -0.25) is 14.6 Å². The first kappa shape index (κ1) is 26.3. The minimum Gasteiger partial charge on any atom is -0.507 e. The van der Waals surface area contributed by atoms with E-state index < -0.39 is 17.7 Å². The minimum absolute atomic E-state index is 0.0621. The largest absolute Gasteiger partial charge is 0.507 e. The third-order valence-corrected chi connectivity index (χ3v) is 6.11. The molecule has 1 N–H and O–H groups in total. The van der Waals surface area contributed by atoms with Crippen molar-refractivity contribution in [3.63, 3.8) is 0 Å². The Balaban J connectivity index is 1.88. The Hall–Kier alpha value is -4.79. The van der Waals surface area contributed by atoms with Crippen LogP contribution in [0.4, 0.5) is 0 Å². The van der Waals surface area contributed by atoms with Gasteiger partial charge in [-0.1, -0.05) is 18.7 Å². The third-order valence-electron chi connectivity index (χ3n) is 6.11. The summed E-state index contributed by atoms with van der Waals surface area (Å²) in [5, 5.41) is 11.4. The van der Waals surface area contributed by atoms with Gasteiger partial charge in [0.2, 0.25) is 5.75 Å². The van der Waals surface area contributed by atoms with Gasteiger partial charge in [-0.15, -0.1) is 0 Å². The average molecular weight is 517 g/mol. The number of aliphatic hydroxyl groups excluding tert-OH is 1. The average Bonchev–Trinajstić information content (AvgIpc) is 3.20. The maximum absolute atomic E-state index is 13.4. The van der Waals surface area contributed by atoms with Crippen LogP contribution in [-0.4, -0.2) is 54.6 Å². The highest BCUT2D eigenvalue weighted by molar-refractivity contribution is 6.46. The van der Waals surface area contributed by atoms with E-state index in [4.69, 9.17) is 18.9 Å². The van der Waals surface area contributed by atoms with E-state index in [0.717, 1.165) is 5.56 Å². The van der Waals surface area contributed by atoms with Crippen LogP contribution in [0.15, 0.2) is 79.2 Å². The lowest BCUT2D eigenvalue weighted by Crippen LogP contribution is -2.29. The van der Waals surface area contributed by atoms with Gasteiger partial charge in [-0.25, -0.2) is 0 Å². The van der Waals surface area contributed by atoms with Gasteiger partial charge in [0.15, 0.2) is 11.5 Å². The van der Waals surface area contributed by atoms with E-state index in [1.807, 2.05) is 0 Å². The Morgan fingerprint density at radius 3 is 2.29 bits per heavy atom. The number of ether oxygens (including phenoxy) is 4. The molecule has 196 valence electrons. The van der Waals surface area contributed by atoms with E-state index in [-0.39, 0.29) is 17.9 Å². The van der Waals surface area contributed by atoms with Gasteiger partial charge < -0.3 is 29.0 Å². The van der Waals surface area contributed by atoms with Crippen LogP contribution in [0.3, 0.4) is 0 Å². The van der Waals surface area contributed by atoms with E-state index in [9.17, 15) is 14.7 Å². The van der Waals surface area contributed by atoms with Crippen LogP contribution >= 0.6 is 0 Å². The number of benzene rings is 2. The lowest BCUT2D eigenvalue weighted by molar-refractivity contribution is -0.140. The standard InChI is InChI=1S/C29H28N2O7/c1-5-13-38-21-10-8-19(9-11-21)26(32)24-25(20-14-22(35-2)28(37-4)23(15-20)36-3)31(29(34)27(24)33)17-18-7-6-12-30-16-18/h5-12,14-16,25,32H,1,13,17H2,2-4H3/t25-/m0/s1. The van der Waals surface area contributed by atoms with E-state index in [0.29, 0.717) is 40.7 Å². The van der Waals surface area contributed by atoms with E-state index in [1.165, 1.54) is 26.2 Å². The maximum Gasteiger partial charge on any atom is 0.295 e. The van der Waals surface area contributed by atoms with Gasteiger partial charge >= 0.3 is 0 Å². The second kappa shape index (κ2) is 11.5. The zero-order valence-corrected chi connectivity index (χ0v) is 21.3. The highest BCUT2D eigenvalue weighted by Crippen LogP contribution is 2.46. The molecule has 9 heteroatoms. The molecule has 0 radical (unpaired) electrons. The van der Waals surface area contributed by atoms with E-state index in [2.05, 4.69) is 11.6 Å². The van der Waals surface area contributed by atoms with Crippen molar-refractivity contribution in [3.05, 3.63) is 95.8 Å². The number of ketones is 1. The summed E-state index contributed by atoms with van der Waals surface area (Å²) in [5.41, 5.74) is 1.51. The monoisotopic (exact) mass is 516 g/mol. The van der Waals surface area contributed by atoms with Crippen LogP contribution in [0.5, 0.6) is 23.0 Å². The van der Waals surface area contributed by atoms with Crippen molar-refractivity contribution in [1.29, 1.82) is 0 Å². The van der Waals surface area contributed by atoms with Crippen LogP contribution < -0.4 is 18.9 Å². The molecular formula is C29H28N2O7.